The van der Waals surface area contributed by atoms with E-state index in [1.807, 2.05) is 11.8 Å². The van der Waals surface area contributed by atoms with E-state index in [-0.39, 0.29) is 0 Å². The molecule has 0 aromatic heterocycles. The lowest BCUT2D eigenvalue weighted by Crippen LogP contribution is -2.38. The largest absolute Gasteiger partial charge is 0.327 e. The van der Waals surface area contributed by atoms with Gasteiger partial charge in [0.15, 0.2) is 0 Å². The molecule has 0 aromatic rings. The highest BCUT2D eigenvalue weighted by Crippen LogP contribution is 2.34. The van der Waals surface area contributed by atoms with Gasteiger partial charge in [0.1, 0.15) is 0 Å². The van der Waals surface area contributed by atoms with Crippen LogP contribution < -0.4 is 5.73 Å². The summed E-state index contributed by atoms with van der Waals surface area (Å²) in [5.41, 5.74) is 6.20. The molecule has 2 N–H and O–H groups in total. The highest BCUT2D eigenvalue weighted by Gasteiger charge is 2.28. The van der Waals surface area contributed by atoms with E-state index >= 15 is 0 Å². The molecule has 1 aliphatic carbocycles. The van der Waals surface area contributed by atoms with Gasteiger partial charge in [0.25, 0.3) is 0 Å². The predicted octanol–water partition coefficient (Wildman–Crippen LogP) is 2.89. The van der Waals surface area contributed by atoms with Crippen molar-refractivity contribution in [3.05, 3.63) is 0 Å². The fourth-order valence-corrected chi connectivity index (χ4v) is 3.26. The maximum Gasteiger partial charge on any atom is 0.0161 e. The van der Waals surface area contributed by atoms with Crippen LogP contribution >= 0.6 is 11.8 Å². The summed E-state index contributed by atoms with van der Waals surface area (Å²) in [6.07, 6.45) is 9.12. The zero-order valence-corrected chi connectivity index (χ0v) is 9.78. The monoisotopic (exact) mass is 201 g/mol. The third-order valence-corrected chi connectivity index (χ3v) is 4.12. The molecular weight excluding hydrogens is 178 g/mol. The van der Waals surface area contributed by atoms with Gasteiger partial charge in [-0.1, -0.05) is 32.6 Å². The highest BCUT2D eigenvalue weighted by molar-refractivity contribution is 7.98. The Morgan fingerprint density at radius 2 is 2.08 bits per heavy atom. The van der Waals surface area contributed by atoms with Gasteiger partial charge in [-0.3, -0.25) is 0 Å². The first-order valence-corrected chi connectivity index (χ1v) is 6.93. The van der Waals surface area contributed by atoms with Crippen LogP contribution in [0.1, 0.15) is 39.0 Å². The van der Waals surface area contributed by atoms with Crippen LogP contribution in [0.4, 0.5) is 0 Å². The fourth-order valence-electron chi connectivity index (χ4n) is 2.62. The third-order valence-electron chi connectivity index (χ3n) is 3.40. The minimum Gasteiger partial charge on any atom is -0.327 e. The van der Waals surface area contributed by atoms with E-state index in [9.17, 15) is 0 Å². The Bertz CT molecular complexity index is 138. The minimum atomic E-state index is 0.445. The molecule has 1 nitrogen and oxygen atoms in total. The Morgan fingerprint density at radius 3 is 2.69 bits per heavy atom. The molecule has 0 aliphatic heterocycles. The molecule has 1 saturated carbocycles. The summed E-state index contributed by atoms with van der Waals surface area (Å²) in [6.45, 7) is 2.31. The summed E-state index contributed by atoms with van der Waals surface area (Å²) in [6, 6.07) is 0.445. The van der Waals surface area contributed by atoms with Crippen molar-refractivity contribution in [3.8, 4) is 0 Å². The van der Waals surface area contributed by atoms with Gasteiger partial charge in [-0.2, -0.15) is 11.8 Å². The summed E-state index contributed by atoms with van der Waals surface area (Å²) in [4.78, 5) is 0. The van der Waals surface area contributed by atoms with Gasteiger partial charge >= 0.3 is 0 Å². The Hall–Kier alpha value is 0.310. The summed E-state index contributed by atoms with van der Waals surface area (Å²) in [5, 5.41) is 0. The second kappa shape index (κ2) is 5.92. The van der Waals surface area contributed by atoms with Gasteiger partial charge in [0.05, 0.1) is 0 Å². The second-order valence-electron chi connectivity index (χ2n) is 4.24. The molecule has 1 rings (SSSR count). The maximum absolute atomic E-state index is 6.20. The van der Waals surface area contributed by atoms with Crippen LogP contribution in [0, 0.1) is 11.8 Å². The Balaban J connectivity index is 2.43. The van der Waals surface area contributed by atoms with Crippen LogP contribution in [0.3, 0.4) is 0 Å². The van der Waals surface area contributed by atoms with Crippen LogP contribution in [0.15, 0.2) is 0 Å². The maximum atomic E-state index is 6.20. The Labute approximate surface area is 86.8 Å². The number of hydrogen-bond acceptors (Lipinski definition) is 2. The summed E-state index contributed by atoms with van der Waals surface area (Å²) < 4.78 is 0. The van der Waals surface area contributed by atoms with Crippen molar-refractivity contribution in [2.24, 2.45) is 17.6 Å². The lowest BCUT2D eigenvalue weighted by atomic mass is 9.75. The normalized spacial score (nSPS) is 31.6. The molecule has 13 heavy (non-hydrogen) atoms. The number of nitrogens with two attached hydrogens (primary N) is 1. The van der Waals surface area contributed by atoms with E-state index in [1.54, 1.807) is 0 Å². The van der Waals surface area contributed by atoms with E-state index in [4.69, 9.17) is 5.73 Å². The Morgan fingerprint density at radius 1 is 1.38 bits per heavy atom. The van der Waals surface area contributed by atoms with Crippen LogP contribution in [-0.2, 0) is 0 Å². The van der Waals surface area contributed by atoms with E-state index in [0.717, 1.165) is 17.6 Å². The summed E-state index contributed by atoms with van der Waals surface area (Å²) in [7, 11) is 0. The molecule has 0 spiro atoms. The lowest BCUT2D eigenvalue weighted by Gasteiger charge is -2.34. The van der Waals surface area contributed by atoms with Crippen LogP contribution in [0.2, 0.25) is 0 Å². The quantitative estimate of drug-likeness (QED) is 0.757. The topological polar surface area (TPSA) is 26.0 Å². The van der Waals surface area contributed by atoms with E-state index < -0.39 is 0 Å². The first-order chi connectivity index (χ1) is 6.29. The van der Waals surface area contributed by atoms with Gasteiger partial charge in [-0.15, -0.1) is 0 Å². The van der Waals surface area contributed by atoms with Crippen LogP contribution in [0.5, 0.6) is 0 Å². The van der Waals surface area contributed by atoms with Crippen LogP contribution in [0.25, 0.3) is 0 Å². The van der Waals surface area contributed by atoms with Gasteiger partial charge in [0.2, 0.25) is 0 Å². The van der Waals surface area contributed by atoms with Gasteiger partial charge < -0.3 is 5.73 Å². The van der Waals surface area contributed by atoms with E-state index in [2.05, 4.69) is 13.2 Å². The molecule has 1 fully saturated rings. The second-order valence-corrected chi connectivity index (χ2v) is 5.15. The standard InChI is InChI=1S/C11H23NS/c1-3-9-6-4-5-7-10(9)11(12)8-13-2/h9-11H,3-8,12H2,1-2H3. The zero-order chi connectivity index (χ0) is 9.68. The van der Waals surface area contributed by atoms with Gasteiger partial charge in [-0.05, 0) is 24.5 Å². The lowest BCUT2D eigenvalue weighted by molar-refractivity contribution is 0.205. The van der Waals surface area contributed by atoms with Crippen molar-refractivity contribution < 1.29 is 0 Å². The third kappa shape index (κ3) is 3.17. The first-order valence-electron chi connectivity index (χ1n) is 5.54. The van der Waals surface area contributed by atoms with Crippen molar-refractivity contribution in [2.75, 3.05) is 12.0 Å². The average molecular weight is 201 g/mol. The zero-order valence-electron chi connectivity index (χ0n) is 8.96. The molecule has 78 valence electrons. The smallest absolute Gasteiger partial charge is 0.0161 e. The number of rotatable bonds is 4. The fraction of sp³-hybridized carbons (Fsp3) is 1.00. The van der Waals surface area contributed by atoms with Gasteiger partial charge in [0, 0.05) is 11.8 Å². The van der Waals surface area contributed by atoms with E-state index in [1.165, 1.54) is 32.1 Å². The molecule has 0 bridgehead atoms. The number of hydrogen-bond donors (Lipinski definition) is 1. The summed E-state index contributed by atoms with van der Waals surface area (Å²) >= 11 is 1.89. The first kappa shape index (κ1) is 11.4. The molecule has 1 aliphatic rings. The molecule has 0 saturated heterocycles. The van der Waals surface area contributed by atoms with Crippen LogP contribution in [-0.4, -0.2) is 18.1 Å². The predicted molar refractivity (Wildman–Crippen MR) is 62.1 cm³/mol. The molecule has 0 radical (unpaired) electrons. The minimum absolute atomic E-state index is 0.445. The molecule has 3 unspecified atom stereocenters. The molecular formula is C11H23NS. The molecule has 2 heteroatoms. The van der Waals surface area contributed by atoms with Crippen molar-refractivity contribution in [3.63, 3.8) is 0 Å². The Kier molecular flexibility index (Phi) is 5.18. The number of thioether (sulfide) groups is 1. The molecule has 0 amide bonds. The average Bonchev–Trinajstić information content (AvgIpc) is 2.18. The van der Waals surface area contributed by atoms with Crippen molar-refractivity contribution in [2.45, 2.75) is 45.1 Å². The van der Waals surface area contributed by atoms with Crippen molar-refractivity contribution in [1.82, 2.24) is 0 Å². The summed E-state index contributed by atoms with van der Waals surface area (Å²) in [5.74, 6) is 2.86. The van der Waals surface area contributed by atoms with E-state index in [0.29, 0.717) is 6.04 Å². The molecule has 0 aromatic carbocycles. The van der Waals surface area contributed by atoms with Gasteiger partial charge in [-0.25, -0.2) is 0 Å². The highest BCUT2D eigenvalue weighted by atomic mass is 32.2. The van der Waals surface area contributed by atoms with Crippen molar-refractivity contribution in [1.29, 1.82) is 0 Å². The molecule has 0 heterocycles. The SMILES string of the molecule is CCC1CCCCC1C(N)CSC. The molecule has 3 atom stereocenters. The van der Waals surface area contributed by atoms with Crippen molar-refractivity contribution >= 4 is 11.8 Å².